The third-order valence-electron chi connectivity index (χ3n) is 3.79. The molecule has 1 heterocycles. The highest BCUT2D eigenvalue weighted by Gasteiger charge is 2.32. The molecule has 112 valence electrons. The molecule has 0 amide bonds. The first kappa shape index (κ1) is 16.1. The Labute approximate surface area is 129 Å². The molecule has 1 fully saturated rings. The van der Waals surface area contributed by atoms with Crippen LogP contribution in [-0.2, 0) is 6.18 Å². The number of pyridine rings is 1. The fourth-order valence-electron chi connectivity index (χ4n) is 2.48. The first-order valence-electron chi connectivity index (χ1n) is 6.67. The fourth-order valence-corrected chi connectivity index (χ4v) is 4.64. The molecule has 0 N–H and O–H groups in total. The van der Waals surface area contributed by atoms with Gasteiger partial charge >= 0.3 is 6.18 Å². The predicted octanol–water partition coefficient (Wildman–Crippen LogP) is 5.54. The summed E-state index contributed by atoms with van der Waals surface area (Å²) in [5, 5.41) is 1.62. The number of thioether (sulfide) groups is 1. The number of hydrogen-bond acceptors (Lipinski definition) is 2. The standard InChI is InChI=1S/C14H17BrF3NS/c15-9-13(6-2-1-3-7-13)10-20-12-5-4-11(8-19-12)14(16,17)18/h4-5,8H,1-3,6-7,9-10H2. The van der Waals surface area contributed by atoms with E-state index in [9.17, 15) is 13.2 Å². The second kappa shape index (κ2) is 6.69. The number of aromatic nitrogens is 1. The van der Waals surface area contributed by atoms with Crippen molar-refractivity contribution in [1.29, 1.82) is 0 Å². The second-order valence-corrected chi connectivity index (χ2v) is 6.92. The Kier molecular flexibility index (Phi) is 5.40. The van der Waals surface area contributed by atoms with Crippen LogP contribution in [0.15, 0.2) is 23.4 Å². The third kappa shape index (κ3) is 4.13. The number of rotatable bonds is 4. The highest BCUT2D eigenvalue weighted by atomic mass is 79.9. The molecule has 2 rings (SSSR count). The monoisotopic (exact) mass is 367 g/mol. The molecule has 0 saturated heterocycles. The van der Waals surface area contributed by atoms with Crippen LogP contribution in [0.1, 0.15) is 37.7 Å². The maximum Gasteiger partial charge on any atom is 0.417 e. The van der Waals surface area contributed by atoms with Crippen molar-refractivity contribution in [3.8, 4) is 0 Å². The SMILES string of the molecule is FC(F)(F)c1ccc(SCC2(CBr)CCCCC2)nc1. The zero-order valence-electron chi connectivity index (χ0n) is 11.0. The largest absolute Gasteiger partial charge is 0.417 e. The molecule has 0 radical (unpaired) electrons. The first-order valence-corrected chi connectivity index (χ1v) is 8.78. The minimum Gasteiger partial charge on any atom is -0.249 e. The lowest BCUT2D eigenvalue weighted by Crippen LogP contribution is -2.28. The van der Waals surface area contributed by atoms with Gasteiger partial charge in [-0.2, -0.15) is 13.2 Å². The van der Waals surface area contributed by atoms with Crippen molar-refractivity contribution in [2.45, 2.75) is 43.3 Å². The maximum atomic E-state index is 12.5. The molecule has 0 aromatic carbocycles. The third-order valence-corrected chi connectivity index (χ3v) is 6.27. The predicted molar refractivity (Wildman–Crippen MR) is 79.3 cm³/mol. The van der Waals surface area contributed by atoms with E-state index in [4.69, 9.17) is 0 Å². The molecule has 0 unspecified atom stereocenters. The van der Waals surface area contributed by atoms with E-state index in [1.807, 2.05) is 0 Å². The van der Waals surface area contributed by atoms with Gasteiger partial charge in [-0.3, -0.25) is 0 Å². The molecule has 1 saturated carbocycles. The molecular formula is C14H17BrF3NS. The molecule has 1 aromatic heterocycles. The normalized spacial score (nSPS) is 19.0. The van der Waals surface area contributed by atoms with Gasteiger partial charge in [-0.1, -0.05) is 35.2 Å². The van der Waals surface area contributed by atoms with Gasteiger partial charge in [0, 0.05) is 17.3 Å². The zero-order chi connectivity index (χ0) is 14.6. The Morgan fingerprint density at radius 2 is 1.90 bits per heavy atom. The number of nitrogens with zero attached hydrogens (tertiary/aromatic N) is 1. The van der Waals surface area contributed by atoms with E-state index < -0.39 is 11.7 Å². The van der Waals surface area contributed by atoms with Crippen molar-refractivity contribution in [2.24, 2.45) is 5.41 Å². The lowest BCUT2D eigenvalue weighted by Gasteiger charge is -2.35. The summed E-state index contributed by atoms with van der Waals surface area (Å²) in [6.07, 6.45) is 2.76. The lowest BCUT2D eigenvalue weighted by molar-refractivity contribution is -0.137. The van der Waals surface area contributed by atoms with Gasteiger partial charge < -0.3 is 0 Å². The van der Waals surface area contributed by atoms with Crippen molar-refractivity contribution < 1.29 is 13.2 Å². The van der Waals surface area contributed by atoms with E-state index in [-0.39, 0.29) is 5.41 Å². The second-order valence-electron chi connectivity index (χ2n) is 5.37. The quantitative estimate of drug-likeness (QED) is 0.511. The highest BCUT2D eigenvalue weighted by Crippen LogP contribution is 2.41. The maximum absolute atomic E-state index is 12.5. The zero-order valence-corrected chi connectivity index (χ0v) is 13.5. The summed E-state index contributed by atoms with van der Waals surface area (Å²) >= 11 is 5.16. The van der Waals surface area contributed by atoms with Crippen molar-refractivity contribution in [3.05, 3.63) is 23.9 Å². The molecule has 0 atom stereocenters. The van der Waals surface area contributed by atoms with Crippen LogP contribution in [-0.4, -0.2) is 16.1 Å². The molecule has 1 nitrogen and oxygen atoms in total. The minimum absolute atomic E-state index is 0.271. The number of halogens is 4. The number of hydrogen-bond donors (Lipinski definition) is 0. The van der Waals surface area contributed by atoms with E-state index in [1.165, 1.54) is 38.2 Å². The highest BCUT2D eigenvalue weighted by molar-refractivity contribution is 9.09. The summed E-state index contributed by atoms with van der Waals surface area (Å²) < 4.78 is 37.4. The lowest BCUT2D eigenvalue weighted by atomic mass is 9.77. The van der Waals surface area contributed by atoms with Crippen LogP contribution in [0.2, 0.25) is 0 Å². The molecule has 1 aliphatic carbocycles. The van der Waals surface area contributed by atoms with Crippen molar-refractivity contribution in [2.75, 3.05) is 11.1 Å². The Bertz CT molecular complexity index is 427. The van der Waals surface area contributed by atoms with Gasteiger partial charge in [0.25, 0.3) is 0 Å². The van der Waals surface area contributed by atoms with Crippen molar-refractivity contribution in [3.63, 3.8) is 0 Å². The van der Waals surface area contributed by atoms with E-state index in [0.29, 0.717) is 5.03 Å². The summed E-state index contributed by atoms with van der Waals surface area (Å²) in [5.41, 5.74) is -0.414. The molecule has 1 aromatic rings. The fraction of sp³-hybridized carbons (Fsp3) is 0.643. The van der Waals surface area contributed by atoms with Gasteiger partial charge in [-0.25, -0.2) is 4.98 Å². The van der Waals surface area contributed by atoms with Crippen LogP contribution in [0, 0.1) is 5.41 Å². The van der Waals surface area contributed by atoms with Crippen molar-refractivity contribution in [1.82, 2.24) is 4.98 Å². The van der Waals surface area contributed by atoms with Gasteiger partial charge in [-0.05, 0) is 30.4 Å². The Balaban J connectivity index is 1.96. The number of alkyl halides is 4. The molecular weight excluding hydrogens is 351 g/mol. The van der Waals surface area contributed by atoms with Crippen LogP contribution < -0.4 is 0 Å². The van der Waals surface area contributed by atoms with Gasteiger partial charge in [0.1, 0.15) is 0 Å². The van der Waals surface area contributed by atoms with Gasteiger partial charge in [0.05, 0.1) is 10.6 Å². The minimum atomic E-state index is -4.31. The average Bonchev–Trinajstić information content (AvgIpc) is 2.46. The Hall–Kier alpha value is -0.230. The molecule has 6 heteroatoms. The Morgan fingerprint density at radius 1 is 1.20 bits per heavy atom. The van der Waals surface area contributed by atoms with E-state index in [0.717, 1.165) is 23.3 Å². The van der Waals surface area contributed by atoms with Crippen molar-refractivity contribution >= 4 is 27.7 Å². The summed E-state index contributed by atoms with van der Waals surface area (Å²) in [6.45, 7) is 0. The molecule has 0 spiro atoms. The van der Waals surface area contributed by atoms with E-state index >= 15 is 0 Å². The summed E-state index contributed by atoms with van der Waals surface area (Å²) in [5.74, 6) is 0.913. The van der Waals surface area contributed by atoms with Gasteiger partial charge in [0.2, 0.25) is 0 Å². The van der Waals surface area contributed by atoms with Crippen LogP contribution in [0.4, 0.5) is 13.2 Å². The smallest absolute Gasteiger partial charge is 0.249 e. The van der Waals surface area contributed by atoms with E-state index in [1.54, 1.807) is 11.8 Å². The van der Waals surface area contributed by atoms with Gasteiger partial charge in [0.15, 0.2) is 0 Å². The Morgan fingerprint density at radius 3 is 2.40 bits per heavy atom. The first-order chi connectivity index (χ1) is 9.45. The van der Waals surface area contributed by atoms with Crippen LogP contribution in [0.5, 0.6) is 0 Å². The molecule has 0 bridgehead atoms. The topological polar surface area (TPSA) is 12.9 Å². The summed E-state index contributed by atoms with van der Waals surface area (Å²) in [6, 6.07) is 2.58. The van der Waals surface area contributed by atoms with Crippen LogP contribution in [0.3, 0.4) is 0 Å². The van der Waals surface area contributed by atoms with E-state index in [2.05, 4.69) is 20.9 Å². The molecule has 20 heavy (non-hydrogen) atoms. The molecule has 0 aliphatic heterocycles. The van der Waals surface area contributed by atoms with Crippen LogP contribution >= 0.6 is 27.7 Å². The van der Waals surface area contributed by atoms with Crippen LogP contribution in [0.25, 0.3) is 0 Å². The molecule has 1 aliphatic rings. The van der Waals surface area contributed by atoms with Gasteiger partial charge in [-0.15, -0.1) is 11.8 Å². The average molecular weight is 368 g/mol. The summed E-state index contributed by atoms with van der Waals surface area (Å²) in [7, 11) is 0. The summed E-state index contributed by atoms with van der Waals surface area (Å²) in [4.78, 5) is 3.92.